The number of nitrogens with one attached hydrogen (secondary N) is 1. The van der Waals surface area contributed by atoms with Gasteiger partial charge < -0.3 is 5.73 Å². The molecular weight excluding hydrogens is 438 g/mol. The van der Waals surface area contributed by atoms with Gasteiger partial charge in [-0.2, -0.15) is 5.10 Å². The monoisotopic (exact) mass is 449 g/mol. The van der Waals surface area contributed by atoms with Crippen LogP contribution in [0.2, 0.25) is 0 Å². The fourth-order valence-electron chi connectivity index (χ4n) is 1.97. The number of nitrogen functional groups attached to an aromatic ring is 1. The van der Waals surface area contributed by atoms with E-state index in [0.717, 1.165) is 9.37 Å². The maximum absolute atomic E-state index is 11.4. The van der Waals surface area contributed by atoms with E-state index in [2.05, 4.69) is 31.4 Å². The zero-order valence-corrected chi connectivity index (χ0v) is 16.3. The average molecular weight is 450 g/mol. The molecule has 1 aromatic heterocycles. The molecule has 0 bridgehead atoms. The van der Waals surface area contributed by atoms with E-state index in [0.29, 0.717) is 21.4 Å². The number of aromatic nitrogens is 1. The Bertz CT molecular complexity index is 960. The highest BCUT2D eigenvalue weighted by Gasteiger charge is 2.15. The van der Waals surface area contributed by atoms with Gasteiger partial charge in [0.2, 0.25) is 5.13 Å². The Balaban J connectivity index is 1.77. The summed E-state index contributed by atoms with van der Waals surface area (Å²) in [6.07, 6.45) is 1.50. The molecule has 3 N–H and O–H groups in total. The van der Waals surface area contributed by atoms with Crippen molar-refractivity contribution in [2.24, 2.45) is 5.10 Å². The third-order valence-corrected chi connectivity index (χ3v) is 5.48. The highest BCUT2D eigenvalue weighted by Crippen LogP contribution is 2.35. The molecule has 2 aromatic carbocycles. The Morgan fingerprint density at radius 3 is 2.73 bits per heavy atom. The first-order valence-corrected chi connectivity index (χ1v) is 9.72. The van der Waals surface area contributed by atoms with Gasteiger partial charge >= 0.3 is 0 Å². The topological polar surface area (TPSA) is 106 Å². The molecule has 0 spiro atoms. The second-order valence-electron chi connectivity index (χ2n) is 4.99. The lowest BCUT2D eigenvalue weighted by Crippen LogP contribution is -1.95. The van der Waals surface area contributed by atoms with E-state index in [1.807, 2.05) is 24.3 Å². The Labute approximate surface area is 165 Å². The minimum Gasteiger partial charge on any atom is -0.383 e. The highest BCUT2D eigenvalue weighted by molar-refractivity contribution is 9.10. The van der Waals surface area contributed by atoms with Crippen LogP contribution in [0.1, 0.15) is 5.56 Å². The Kier molecular flexibility index (Phi) is 5.86. The van der Waals surface area contributed by atoms with E-state index in [1.54, 1.807) is 17.5 Å². The van der Waals surface area contributed by atoms with Gasteiger partial charge in [-0.25, -0.2) is 4.98 Å². The molecular formula is C16H12BrN5O2S2. The summed E-state index contributed by atoms with van der Waals surface area (Å²) >= 11 is 6.03. The summed E-state index contributed by atoms with van der Waals surface area (Å²) in [6, 6.07) is 12.6. The number of nitrogens with zero attached hydrogens (tertiary/aromatic N) is 3. The minimum absolute atomic E-state index is 0.0281. The molecule has 0 amide bonds. The van der Waals surface area contributed by atoms with Crippen LogP contribution >= 0.6 is 39.0 Å². The molecule has 132 valence electrons. The van der Waals surface area contributed by atoms with E-state index >= 15 is 0 Å². The van der Waals surface area contributed by atoms with Crippen molar-refractivity contribution in [3.8, 4) is 0 Å². The maximum atomic E-state index is 11.4. The third kappa shape index (κ3) is 4.81. The maximum Gasteiger partial charge on any atom is 0.283 e. The molecule has 10 heteroatoms. The first kappa shape index (κ1) is 18.4. The number of nitro groups is 1. The summed E-state index contributed by atoms with van der Waals surface area (Å²) in [4.78, 5) is 16.5. The van der Waals surface area contributed by atoms with Gasteiger partial charge in [-0.05, 0) is 30.3 Å². The predicted octanol–water partition coefficient (Wildman–Crippen LogP) is 4.99. The van der Waals surface area contributed by atoms with Crippen molar-refractivity contribution in [3.63, 3.8) is 0 Å². The van der Waals surface area contributed by atoms with E-state index in [9.17, 15) is 10.1 Å². The van der Waals surface area contributed by atoms with Gasteiger partial charge in [0.15, 0.2) is 0 Å². The molecule has 3 rings (SSSR count). The lowest BCUT2D eigenvalue weighted by atomic mass is 10.2. The molecule has 0 saturated heterocycles. The molecule has 0 aliphatic carbocycles. The first-order valence-electron chi connectivity index (χ1n) is 7.23. The molecule has 0 unspecified atom stereocenters. The zero-order chi connectivity index (χ0) is 18.5. The molecule has 0 atom stereocenters. The molecule has 3 aromatic rings. The predicted molar refractivity (Wildman–Crippen MR) is 109 cm³/mol. The van der Waals surface area contributed by atoms with Crippen molar-refractivity contribution in [1.29, 1.82) is 0 Å². The number of rotatable bonds is 6. The Hall–Kier alpha value is -2.43. The van der Waals surface area contributed by atoms with Crippen LogP contribution in [0.3, 0.4) is 0 Å². The number of hydrogen-bond acceptors (Lipinski definition) is 8. The van der Waals surface area contributed by atoms with Gasteiger partial charge in [-0.3, -0.25) is 15.5 Å². The minimum atomic E-state index is -0.395. The van der Waals surface area contributed by atoms with E-state index < -0.39 is 4.92 Å². The van der Waals surface area contributed by atoms with Gasteiger partial charge in [-0.15, -0.1) is 11.3 Å². The second-order valence-corrected chi connectivity index (χ2v) is 7.88. The molecule has 0 radical (unpaired) electrons. The lowest BCUT2D eigenvalue weighted by Gasteiger charge is -2.04. The number of hydrazone groups is 1. The van der Waals surface area contributed by atoms with Gasteiger partial charge in [0.05, 0.1) is 16.0 Å². The Morgan fingerprint density at radius 2 is 2.08 bits per heavy atom. The standard InChI is InChI=1S/C16H12BrN5O2S2/c17-11-2-4-12(5-3-11)26-14-6-1-10(7-13(14)22(23)24)8-19-21-16-20-15(18)9-25-16/h1-9H,18H2,(H,20,21). The van der Waals surface area contributed by atoms with Gasteiger partial charge in [0, 0.05) is 26.4 Å². The quantitative estimate of drug-likeness (QED) is 0.311. The van der Waals surface area contributed by atoms with Gasteiger partial charge in [0.1, 0.15) is 5.82 Å². The molecule has 0 aliphatic heterocycles. The molecule has 0 fully saturated rings. The van der Waals surface area contributed by atoms with Crippen LogP contribution in [-0.4, -0.2) is 16.1 Å². The summed E-state index contributed by atoms with van der Waals surface area (Å²) in [6.45, 7) is 0. The zero-order valence-electron chi connectivity index (χ0n) is 13.1. The number of anilines is 2. The highest BCUT2D eigenvalue weighted by atomic mass is 79.9. The summed E-state index contributed by atoms with van der Waals surface area (Å²) in [5.41, 5.74) is 8.90. The van der Waals surface area contributed by atoms with Gasteiger partial charge in [0.25, 0.3) is 5.69 Å². The molecule has 0 aliphatic rings. The normalized spacial score (nSPS) is 11.0. The first-order chi connectivity index (χ1) is 12.5. The third-order valence-electron chi connectivity index (χ3n) is 3.12. The molecule has 7 nitrogen and oxygen atoms in total. The van der Waals surface area contributed by atoms with Crippen LogP contribution in [0.4, 0.5) is 16.6 Å². The van der Waals surface area contributed by atoms with Crippen molar-refractivity contribution >= 4 is 61.9 Å². The van der Waals surface area contributed by atoms with Crippen LogP contribution in [0.15, 0.2) is 67.2 Å². The van der Waals surface area contributed by atoms with Crippen LogP contribution in [0.5, 0.6) is 0 Å². The van der Waals surface area contributed by atoms with E-state index in [1.165, 1.54) is 35.4 Å². The van der Waals surface area contributed by atoms with Crippen LogP contribution < -0.4 is 11.2 Å². The number of thiazole rings is 1. The largest absolute Gasteiger partial charge is 0.383 e. The number of hydrogen-bond donors (Lipinski definition) is 2. The summed E-state index contributed by atoms with van der Waals surface area (Å²) in [5, 5.41) is 17.7. The molecule has 26 heavy (non-hydrogen) atoms. The number of halogens is 1. The van der Waals surface area contributed by atoms with Crippen LogP contribution in [-0.2, 0) is 0 Å². The Morgan fingerprint density at radius 1 is 1.31 bits per heavy atom. The lowest BCUT2D eigenvalue weighted by molar-refractivity contribution is -0.387. The summed E-state index contributed by atoms with van der Waals surface area (Å²) in [5.74, 6) is 0.414. The van der Waals surface area contributed by atoms with Crippen LogP contribution in [0.25, 0.3) is 0 Å². The smallest absolute Gasteiger partial charge is 0.283 e. The number of nitro benzene ring substituents is 1. The number of benzene rings is 2. The van der Waals surface area contributed by atoms with Crippen LogP contribution in [0, 0.1) is 10.1 Å². The van der Waals surface area contributed by atoms with E-state index in [4.69, 9.17) is 5.73 Å². The second kappa shape index (κ2) is 8.30. The number of nitrogens with two attached hydrogens (primary N) is 1. The summed E-state index contributed by atoms with van der Waals surface area (Å²) in [7, 11) is 0. The van der Waals surface area contributed by atoms with Gasteiger partial charge in [-0.1, -0.05) is 33.8 Å². The average Bonchev–Trinajstić information content (AvgIpc) is 3.03. The fraction of sp³-hybridized carbons (Fsp3) is 0. The van der Waals surface area contributed by atoms with Crippen molar-refractivity contribution in [3.05, 3.63) is 68.0 Å². The molecule has 1 heterocycles. The van der Waals surface area contributed by atoms with Crippen molar-refractivity contribution in [2.45, 2.75) is 9.79 Å². The van der Waals surface area contributed by atoms with E-state index in [-0.39, 0.29) is 5.69 Å². The fourth-order valence-corrected chi connectivity index (χ4v) is 3.69. The van der Waals surface area contributed by atoms with Crippen molar-refractivity contribution in [2.75, 3.05) is 11.2 Å². The summed E-state index contributed by atoms with van der Waals surface area (Å²) < 4.78 is 0.956. The van der Waals surface area contributed by atoms with Crippen molar-refractivity contribution < 1.29 is 4.92 Å². The SMILES string of the molecule is Nc1csc(NN=Cc2ccc(Sc3ccc(Br)cc3)c([N+](=O)[O-])c2)n1. The molecule has 0 saturated carbocycles. The van der Waals surface area contributed by atoms with Crippen molar-refractivity contribution in [1.82, 2.24) is 4.98 Å².